The Morgan fingerprint density at radius 1 is 1.26 bits per heavy atom. The Morgan fingerprint density at radius 3 is 2.74 bits per heavy atom. The first-order chi connectivity index (χ1) is 11.0. The predicted octanol–water partition coefficient (Wildman–Crippen LogP) is 2.48. The summed E-state index contributed by atoms with van der Waals surface area (Å²) in [5.41, 5.74) is 0.641. The second-order valence-corrected chi connectivity index (χ2v) is 8.43. The molecular formula is C17H24FNO3S. The highest BCUT2D eigenvalue weighted by Crippen LogP contribution is 2.22. The lowest BCUT2D eigenvalue weighted by atomic mass is 10.0. The van der Waals surface area contributed by atoms with E-state index in [4.69, 9.17) is 0 Å². The Labute approximate surface area is 137 Å². The molecule has 1 saturated heterocycles. The van der Waals surface area contributed by atoms with Gasteiger partial charge in [-0.05, 0) is 49.7 Å². The fourth-order valence-electron chi connectivity index (χ4n) is 2.95. The number of nitrogens with one attached hydrogen (secondary N) is 1. The van der Waals surface area contributed by atoms with Crippen LogP contribution >= 0.6 is 0 Å². The molecule has 23 heavy (non-hydrogen) atoms. The molecule has 1 aromatic carbocycles. The monoisotopic (exact) mass is 341 g/mol. The summed E-state index contributed by atoms with van der Waals surface area (Å²) in [6, 6.07) is 6.62. The quantitative estimate of drug-likeness (QED) is 0.739. The molecule has 1 aliphatic rings. The van der Waals surface area contributed by atoms with E-state index in [0.29, 0.717) is 42.9 Å². The van der Waals surface area contributed by atoms with Crippen molar-refractivity contribution in [2.75, 3.05) is 18.1 Å². The molecule has 0 saturated carbocycles. The van der Waals surface area contributed by atoms with Crippen LogP contribution in [0.25, 0.3) is 0 Å². The number of halogens is 1. The Morgan fingerprint density at radius 2 is 2.04 bits per heavy atom. The third-order valence-electron chi connectivity index (χ3n) is 4.25. The van der Waals surface area contributed by atoms with Crippen molar-refractivity contribution in [3.63, 3.8) is 0 Å². The van der Waals surface area contributed by atoms with Gasteiger partial charge in [0.25, 0.3) is 0 Å². The molecule has 1 atom stereocenters. The van der Waals surface area contributed by atoms with Gasteiger partial charge in [-0.15, -0.1) is 0 Å². The van der Waals surface area contributed by atoms with Gasteiger partial charge in [-0.25, -0.2) is 12.8 Å². The third-order valence-corrected chi connectivity index (χ3v) is 6.08. The van der Waals surface area contributed by atoms with Crippen molar-refractivity contribution < 1.29 is 17.6 Å². The van der Waals surface area contributed by atoms with Crippen LogP contribution in [0, 0.1) is 11.7 Å². The topological polar surface area (TPSA) is 63.2 Å². The number of benzene rings is 1. The minimum atomic E-state index is -2.81. The smallest absolute Gasteiger partial charge is 0.220 e. The average molecular weight is 341 g/mol. The van der Waals surface area contributed by atoms with Crippen molar-refractivity contribution in [2.24, 2.45) is 5.92 Å². The summed E-state index contributed by atoms with van der Waals surface area (Å²) in [5, 5.41) is 2.85. The second-order valence-electron chi connectivity index (χ2n) is 6.21. The maximum absolute atomic E-state index is 13.4. The highest BCUT2D eigenvalue weighted by atomic mass is 32.2. The van der Waals surface area contributed by atoms with Crippen LogP contribution in [-0.4, -0.2) is 32.4 Å². The zero-order chi connectivity index (χ0) is 16.7. The lowest BCUT2D eigenvalue weighted by Crippen LogP contribution is -2.24. The zero-order valence-electron chi connectivity index (χ0n) is 13.3. The van der Waals surface area contributed by atoms with Gasteiger partial charge in [0, 0.05) is 13.0 Å². The van der Waals surface area contributed by atoms with Crippen molar-refractivity contribution in [2.45, 2.75) is 38.5 Å². The number of amides is 1. The molecule has 1 aliphatic heterocycles. The van der Waals surface area contributed by atoms with Crippen molar-refractivity contribution in [3.8, 4) is 0 Å². The van der Waals surface area contributed by atoms with Gasteiger partial charge < -0.3 is 5.32 Å². The van der Waals surface area contributed by atoms with E-state index >= 15 is 0 Å². The van der Waals surface area contributed by atoms with Gasteiger partial charge in [0.15, 0.2) is 9.84 Å². The molecule has 4 nitrogen and oxygen atoms in total. The van der Waals surface area contributed by atoms with Gasteiger partial charge >= 0.3 is 0 Å². The molecule has 0 aromatic heterocycles. The van der Waals surface area contributed by atoms with Crippen LogP contribution in [0.5, 0.6) is 0 Å². The van der Waals surface area contributed by atoms with Gasteiger partial charge in [0.2, 0.25) is 5.91 Å². The Bertz CT molecular complexity index is 630. The zero-order valence-corrected chi connectivity index (χ0v) is 14.1. The summed E-state index contributed by atoms with van der Waals surface area (Å²) in [7, 11) is -2.81. The SMILES string of the molecule is O=C(CCCc1ccccc1F)NCCCC1CCS(=O)(=O)C1. The Balaban J connectivity index is 1.55. The summed E-state index contributed by atoms with van der Waals surface area (Å²) < 4.78 is 36.1. The number of carbonyl (C=O) groups excluding carboxylic acids is 1. The molecule has 128 valence electrons. The highest BCUT2D eigenvalue weighted by Gasteiger charge is 2.27. The summed E-state index contributed by atoms with van der Waals surface area (Å²) >= 11 is 0. The van der Waals surface area contributed by atoms with E-state index in [-0.39, 0.29) is 17.6 Å². The van der Waals surface area contributed by atoms with E-state index in [9.17, 15) is 17.6 Å². The van der Waals surface area contributed by atoms with Crippen LogP contribution in [0.3, 0.4) is 0 Å². The normalized spacial score (nSPS) is 19.6. The minimum Gasteiger partial charge on any atom is -0.356 e. The molecule has 2 rings (SSSR count). The van der Waals surface area contributed by atoms with E-state index in [1.54, 1.807) is 18.2 Å². The fourth-order valence-corrected chi connectivity index (χ4v) is 4.86. The largest absolute Gasteiger partial charge is 0.356 e. The van der Waals surface area contributed by atoms with Crippen LogP contribution in [0.2, 0.25) is 0 Å². The number of sulfone groups is 1. The predicted molar refractivity (Wildman–Crippen MR) is 88.3 cm³/mol. The fraction of sp³-hybridized carbons (Fsp3) is 0.588. The first kappa shape index (κ1) is 17.9. The lowest BCUT2D eigenvalue weighted by molar-refractivity contribution is -0.121. The molecule has 0 radical (unpaired) electrons. The van der Waals surface area contributed by atoms with Gasteiger partial charge in [-0.3, -0.25) is 4.79 Å². The second kappa shape index (κ2) is 8.43. The van der Waals surface area contributed by atoms with Crippen LogP contribution in [-0.2, 0) is 21.1 Å². The number of rotatable bonds is 8. The van der Waals surface area contributed by atoms with Gasteiger partial charge in [0.05, 0.1) is 11.5 Å². The van der Waals surface area contributed by atoms with Crippen LogP contribution in [0.15, 0.2) is 24.3 Å². The number of carbonyl (C=O) groups is 1. The van der Waals surface area contributed by atoms with Crippen molar-refractivity contribution in [1.82, 2.24) is 5.32 Å². The summed E-state index contributed by atoms with van der Waals surface area (Å²) in [5.74, 6) is 0.599. The van der Waals surface area contributed by atoms with E-state index in [2.05, 4.69) is 5.32 Å². The molecule has 0 bridgehead atoms. The summed E-state index contributed by atoms with van der Waals surface area (Å²) in [6.45, 7) is 0.578. The van der Waals surface area contributed by atoms with Crippen molar-refractivity contribution >= 4 is 15.7 Å². The molecule has 1 unspecified atom stereocenters. The van der Waals surface area contributed by atoms with Crippen molar-refractivity contribution in [1.29, 1.82) is 0 Å². The summed E-state index contributed by atoms with van der Waals surface area (Å²) in [6.07, 6.45) is 3.95. The molecule has 1 N–H and O–H groups in total. The van der Waals surface area contributed by atoms with Crippen LogP contribution in [0.1, 0.15) is 37.7 Å². The maximum Gasteiger partial charge on any atom is 0.220 e. The molecule has 1 heterocycles. The Hall–Kier alpha value is -1.43. The van der Waals surface area contributed by atoms with Gasteiger partial charge in [-0.2, -0.15) is 0 Å². The molecular weight excluding hydrogens is 317 g/mol. The maximum atomic E-state index is 13.4. The number of hydrogen-bond acceptors (Lipinski definition) is 3. The van der Waals surface area contributed by atoms with E-state index in [0.717, 1.165) is 19.3 Å². The number of aryl methyl sites for hydroxylation is 1. The van der Waals surface area contributed by atoms with Crippen LogP contribution in [0.4, 0.5) is 4.39 Å². The standard InChI is InChI=1S/C17H24FNO3S/c18-16-8-2-1-6-15(16)7-3-9-17(20)19-11-4-5-14-10-12-23(21,22)13-14/h1-2,6,8,14H,3-5,7,9-13H2,(H,19,20). The number of hydrogen-bond donors (Lipinski definition) is 1. The first-order valence-electron chi connectivity index (χ1n) is 8.17. The molecule has 6 heteroatoms. The average Bonchev–Trinajstić information content (AvgIpc) is 2.85. The van der Waals surface area contributed by atoms with Crippen molar-refractivity contribution in [3.05, 3.63) is 35.6 Å². The van der Waals surface area contributed by atoms with Gasteiger partial charge in [-0.1, -0.05) is 18.2 Å². The van der Waals surface area contributed by atoms with E-state index in [1.165, 1.54) is 6.07 Å². The molecule has 1 amide bonds. The molecule has 1 fully saturated rings. The van der Waals surface area contributed by atoms with E-state index < -0.39 is 9.84 Å². The minimum absolute atomic E-state index is 0.0274. The van der Waals surface area contributed by atoms with Crippen LogP contribution < -0.4 is 5.32 Å². The first-order valence-corrected chi connectivity index (χ1v) is 9.99. The molecule has 0 spiro atoms. The highest BCUT2D eigenvalue weighted by molar-refractivity contribution is 7.91. The lowest BCUT2D eigenvalue weighted by Gasteiger charge is -2.08. The van der Waals surface area contributed by atoms with E-state index in [1.807, 2.05) is 0 Å². The molecule has 0 aliphatic carbocycles. The molecule has 1 aromatic rings. The summed E-state index contributed by atoms with van der Waals surface area (Å²) in [4.78, 5) is 11.7. The van der Waals surface area contributed by atoms with Gasteiger partial charge in [0.1, 0.15) is 5.82 Å². The third kappa shape index (κ3) is 6.29. The Kier molecular flexibility index (Phi) is 6.57.